The number of nitrogens with one attached hydrogen (secondary N) is 1. The van der Waals surface area contributed by atoms with Crippen molar-refractivity contribution in [3.63, 3.8) is 0 Å². The Morgan fingerprint density at radius 1 is 1.37 bits per heavy atom. The summed E-state index contributed by atoms with van der Waals surface area (Å²) >= 11 is 1.25. The smallest absolute Gasteiger partial charge is 0.250 e. The molecule has 2 aliphatic rings. The third-order valence-electron chi connectivity index (χ3n) is 3.71. The second-order valence-corrected chi connectivity index (χ2v) is 8.37. The van der Waals surface area contributed by atoms with Crippen LogP contribution in [0.15, 0.2) is 16.3 Å². The van der Waals surface area contributed by atoms with Crippen molar-refractivity contribution < 1.29 is 8.42 Å². The maximum atomic E-state index is 12.2. The molecule has 1 atom stereocenters. The number of sulfonamides is 1. The van der Waals surface area contributed by atoms with Gasteiger partial charge in [-0.15, -0.1) is 11.3 Å². The van der Waals surface area contributed by atoms with Crippen molar-refractivity contribution in [2.75, 3.05) is 13.1 Å². The Bertz CT molecular complexity index is 551. The van der Waals surface area contributed by atoms with Crippen LogP contribution in [0.5, 0.6) is 0 Å². The van der Waals surface area contributed by atoms with Gasteiger partial charge in [0.15, 0.2) is 0 Å². The van der Waals surface area contributed by atoms with E-state index in [2.05, 4.69) is 9.62 Å². The van der Waals surface area contributed by atoms with Crippen LogP contribution in [0.2, 0.25) is 0 Å². The molecule has 1 aromatic heterocycles. The third kappa shape index (κ3) is 3.00. The van der Waals surface area contributed by atoms with Crippen molar-refractivity contribution in [2.24, 2.45) is 5.73 Å². The fourth-order valence-electron chi connectivity index (χ4n) is 2.54. The summed E-state index contributed by atoms with van der Waals surface area (Å²) in [5, 5.41) is 0. The molecular weight excluding hydrogens is 282 g/mol. The number of rotatable bonds is 5. The Labute approximate surface area is 117 Å². The van der Waals surface area contributed by atoms with Gasteiger partial charge in [0.05, 0.1) is 0 Å². The van der Waals surface area contributed by atoms with Gasteiger partial charge in [-0.3, -0.25) is 4.90 Å². The van der Waals surface area contributed by atoms with E-state index in [0.29, 0.717) is 16.8 Å². The molecule has 106 valence electrons. The normalized spacial score (nSPS) is 25.0. The molecule has 0 bridgehead atoms. The Balaban J connectivity index is 1.64. The summed E-state index contributed by atoms with van der Waals surface area (Å²) < 4.78 is 27.7. The SMILES string of the molecule is NCc1ccc(S(=O)(=O)NC2CCN(C3CC3)C2)s1. The minimum absolute atomic E-state index is 0.0500. The molecule has 19 heavy (non-hydrogen) atoms. The Kier molecular flexibility index (Phi) is 3.65. The summed E-state index contributed by atoms with van der Waals surface area (Å²) in [6.45, 7) is 2.24. The highest BCUT2D eigenvalue weighted by Crippen LogP contribution is 2.30. The highest BCUT2D eigenvalue weighted by molar-refractivity contribution is 7.91. The van der Waals surface area contributed by atoms with E-state index in [1.807, 2.05) is 0 Å². The molecule has 2 heterocycles. The van der Waals surface area contributed by atoms with Crippen molar-refractivity contribution >= 4 is 21.4 Å². The highest BCUT2D eigenvalue weighted by atomic mass is 32.2. The zero-order chi connectivity index (χ0) is 13.5. The quantitative estimate of drug-likeness (QED) is 0.840. The summed E-state index contributed by atoms with van der Waals surface area (Å²) in [5.74, 6) is 0. The van der Waals surface area contributed by atoms with Crippen LogP contribution in [-0.2, 0) is 16.6 Å². The summed E-state index contributed by atoms with van der Waals surface area (Å²) in [7, 11) is -3.38. The average molecular weight is 301 g/mol. The molecule has 3 N–H and O–H groups in total. The minimum Gasteiger partial charge on any atom is -0.326 e. The molecule has 0 spiro atoms. The molecule has 7 heteroatoms. The lowest BCUT2D eigenvalue weighted by Gasteiger charge is -2.15. The van der Waals surface area contributed by atoms with Crippen molar-refractivity contribution in [1.29, 1.82) is 0 Å². The van der Waals surface area contributed by atoms with Gasteiger partial charge < -0.3 is 5.73 Å². The molecule has 2 fully saturated rings. The fourth-order valence-corrected chi connectivity index (χ4v) is 5.06. The van der Waals surface area contributed by atoms with Gasteiger partial charge in [-0.25, -0.2) is 13.1 Å². The first kappa shape index (κ1) is 13.5. The molecule has 1 unspecified atom stereocenters. The highest BCUT2D eigenvalue weighted by Gasteiger charge is 2.35. The van der Waals surface area contributed by atoms with Gasteiger partial charge in [-0.2, -0.15) is 0 Å². The van der Waals surface area contributed by atoms with E-state index in [1.54, 1.807) is 12.1 Å². The Morgan fingerprint density at radius 3 is 2.79 bits per heavy atom. The molecule has 0 amide bonds. The second kappa shape index (κ2) is 5.14. The van der Waals surface area contributed by atoms with Gasteiger partial charge in [-0.1, -0.05) is 0 Å². The predicted molar refractivity (Wildman–Crippen MR) is 75.5 cm³/mol. The molecular formula is C12H19N3O2S2. The van der Waals surface area contributed by atoms with E-state index < -0.39 is 10.0 Å². The number of hydrogen-bond donors (Lipinski definition) is 2. The third-order valence-corrected chi connectivity index (χ3v) is 6.83. The summed E-state index contributed by atoms with van der Waals surface area (Å²) in [5.41, 5.74) is 5.52. The Hall–Kier alpha value is -0.470. The van der Waals surface area contributed by atoms with Crippen LogP contribution >= 0.6 is 11.3 Å². The van der Waals surface area contributed by atoms with E-state index in [-0.39, 0.29) is 6.04 Å². The zero-order valence-corrected chi connectivity index (χ0v) is 12.3. The van der Waals surface area contributed by atoms with Crippen LogP contribution in [-0.4, -0.2) is 38.5 Å². The lowest BCUT2D eigenvalue weighted by atomic mass is 10.3. The van der Waals surface area contributed by atoms with E-state index in [4.69, 9.17) is 5.73 Å². The van der Waals surface area contributed by atoms with E-state index in [1.165, 1.54) is 24.2 Å². The number of thiophene rings is 1. The van der Waals surface area contributed by atoms with Gasteiger partial charge in [0.25, 0.3) is 0 Å². The molecule has 1 saturated heterocycles. The summed E-state index contributed by atoms with van der Waals surface area (Å²) in [6.07, 6.45) is 3.44. The van der Waals surface area contributed by atoms with Gasteiger partial charge in [-0.05, 0) is 31.4 Å². The maximum Gasteiger partial charge on any atom is 0.250 e. The van der Waals surface area contributed by atoms with Crippen LogP contribution in [0, 0.1) is 0 Å². The average Bonchev–Trinajstić information content (AvgIpc) is 2.92. The molecule has 1 aliphatic carbocycles. The molecule has 1 saturated carbocycles. The minimum atomic E-state index is -3.38. The first-order valence-electron chi connectivity index (χ1n) is 6.63. The van der Waals surface area contributed by atoms with Crippen LogP contribution in [0.3, 0.4) is 0 Å². The number of nitrogens with two attached hydrogens (primary N) is 1. The van der Waals surface area contributed by atoms with Gasteiger partial charge in [0.2, 0.25) is 10.0 Å². The second-order valence-electron chi connectivity index (χ2n) is 5.26. The van der Waals surface area contributed by atoms with Crippen LogP contribution < -0.4 is 10.5 Å². The molecule has 1 aliphatic heterocycles. The van der Waals surface area contributed by atoms with Gasteiger partial charge in [0, 0.05) is 36.6 Å². The van der Waals surface area contributed by atoms with Gasteiger partial charge in [0.1, 0.15) is 4.21 Å². The lowest BCUT2D eigenvalue weighted by Crippen LogP contribution is -2.37. The monoisotopic (exact) mass is 301 g/mol. The van der Waals surface area contributed by atoms with E-state index in [0.717, 1.165) is 24.4 Å². The summed E-state index contributed by atoms with van der Waals surface area (Å²) in [4.78, 5) is 3.29. The first-order chi connectivity index (χ1) is 9.08. The van der Waals surface area contributed by atoms with Crippen molar-refractivity contribution in [3.05, 3.63) is 17.0 Å². The number of hydrogen-bond acceptors (Lipinski definition) is 5. The molecule has 3 rings (SSSR count). The van der Waals surface area contributed by atoms with Crippen molar-refractivity contribution in [3.8, 4) is 0 Å². The van der Waals surface area contributed by atoms with Crippen molar-refractivity contribution in [1.82, 2.24) is 9.62 Å². The summed E-state index contributed by atoms with van der Waals surface area (Å²) in [6, 6.07) is 4.18. The first-order valence-corrected chi connectivity index (χ1v) is 8.93. The number of nitrogens with zero attached hydrogens (tertiary/aromatic N) is 1. The van der Waals surface area contributed by atoms with E-state index in [9.17, 15) is 8.42 Å². The predicted octanol–water partition coefficient (Wildman–Crippen LogP) is 0.722. The maximum absolute atomic E-state index is 12.2. The molecule has 0 aromatic carbocycles. The van der Waals surface area contributed by atoms with Crippen LogP contribution in [0.25, 0.3) is 0 Å². The largest absolute Gasteiger partial charge is 0.326 e. The standard InChI is InChI=1S/C12H19N3O2S2/c13-7-11-3-4-12(18-11)19(16,17)14-9-5-6-15(8-9)10-1-2-10/h3-4,9-10,14H,1-2,5-8,13H2. The molecule has 0 radical (unpaired) electrons. The molecule has 5 nitrogen and oxygen atoms in total. The van der Waals surface area contributed by atoms with E-state index >= 15 is 0 Å². The van der Waals surface area contributed by atoms with Gasteiger partial charge >= 0.3 is 0 Å². The van der Waals surface area contributed by atoms with Crippen molar-refractivity contribution in [2.45, 2.75) is 42.1 Å². The van der Waals surface area contributed by atoms with Crippen LogP contribution in [0.1, 0.15) is 24.1 Å². The lowest BCUT2D eigenvalue weighted by molar-refractivity contribution is 0.322. The van der Waals surface area contributed by atoms with Crippen LogP contribution in [0.4, 0.5) is 0 Å². The fraction of sp³-hybridized carbons (Fsp3) is 0.667. The topological polar surface area (TPSA) is 75.4 Å². The Morgan fingerprint density at radius 2 is 2.16 bits per heavy atom. The number of likely N-dealkylation sites (tertiary alicyclic amines) is 1. The zero-order valence-electron chi connectivity index (χ0n) is 10.7. The molecule has 1 aromatic rings.